The number of hydrogen-bond donors (Lipinski definition) is 2. The SMILES string of the molecule is CC(O)C1CC(NCC(F)(F)F)CN(C2CCCC2)C1. The van der Waals surface area contributed by atoms with E-state index in [0.717, 1.165) is 19.4 Å². The molecule has 2 fully saturated rings. The van der Waals surface area contributed by atoms with Gasteiger partial charge in [-0.25, -0.2) is 0 Å². The summed E-state index contributed by atoms with van der Waals surface area (Å²) in [5, 5.41) is 12.4. The Morgan fingerprint density at radius 1 is 1.25 bits per heavy atom. The third-order valence-electron chi connectivity index (χ3n) is 4.63. The highest BCUT2D eigenvalue weighted by molar-refractivity contribution is 4.90. The molecule has 3 atom stereocenters. The van der Waals surface area contributed by atoms with Crippen molar-refractivity contribution >= 4 is 0 Å². The summed E-state index contributed by atoms with van der Waals surface area (Å²) in [5.41, 5.74) is 0. The summed E-state index contributed by atoms with van der Waals surface area (Å²) >= 11 is 0. The Morgan fingerprint density at radius 2 is 1.90 bits per heavy atom. The van der Waals surface area contributed by atoms with Crippen LogP contribution in [0.1, 0.15) is 39.0 Å². The molecule has 3 nitrogen and oxygen atoms in total. The molecule has 2 N–H and O–H groups in total. The van der Waals surface area contributed by atoms with E-state index in [0.29, 0.717) is 19.0 Å². The van der Waals surface area contributed by atoms with E-state index in [1.165, 1.54) is 12.8 Å². The molecule has 1 aliphatic heterocycles. The van der Waals surface area contributed by atoms with Gasteiger partial charge in [0.15, 0.2) is 0 Å². The molecular weight excluding hydrogens is 269 g/mol. The lowest BCUT2D eigenvalue weighted by atomic mass is 9.89. The van der Waals surface area contributed by atoms with E-state index >= 15 is 0 Å². The molecule has 0 radical (unpaired) electrons. The van der Waals surface area contributed by atoms with Gasteiger partial charge in [0.05, 0.1) is 12.6 Å². The first-order valence-corrected chi connectivity index (χ1v) is 7.57. The van der Waals surface area contributed by atoms with Gasteiger partial charge in [-0.05, 0) is 32.1 Å². The third kappa shape index (κ3) is 4.60. The Kier molecular flexibility index (Phi) is 5.31. The zero-order valence-corrected chi connectivity index (χ0v) is 12.0. The molecule has 2 aliphatic rings. The van der Waals surface area contributed by atoms with Crippen LogP contribution in [0.2, 0.25) is 0 Å². The zero-order chi connectivity index (χ0) is 14.8. The minimum atomic E-state index is -4.17. The standard InChI is InChI=1S/C14H25F3N2O/c1-10(20)11-6-12(18-9-14(15,16)17)8-19(7-11)13-4-2-3-5-13/h10-13,18,20H,2-9H2,1H3. The van der Waals surface area contributed by atoms with Gasteiger partial charge in [-0.2, -0.15) is 13.2 Å². The summed E-state index contributed by atoms with van der Waals surface area (Å²) < 4.78 is 37.0. The monoisotopic (exact) mass is 294 g/mol. The lowest BCUT2D eigenvalue weighted by Gasteiger charge is -2.42. The van der Waals surface area contributed by atoms with E-state index in [1.54, 1.807) is 6.92 Å². The van der Waals surface area contributed by atoms with Gasteiger partial charge in [0, 0.05) is 25.2 Å². The van der Waals surface area contributed by atoms with Gasteiger partial charge in [-0.1, -0.05) is 12.8 Å². The molecule has 1 heterocycles. The summed E-state index contributed by atoms with van der Waals surface area (Å²) in [7, 11) is 0. The van der Waals surface area contributed by atoms with Crippen molar-refractivity contribution in [1.82, 2.24) is 10.2 Å². The van der Waals surface area contributed by atoms with Crippen molar-refractivity contribution in [2.24, 2.45) is 5.92 Å². The summed E-state index contributed by atoms with van der Waals surface area (Å²) in [4.78, 5) is 2.29. The van der Waals surface area contributed by atoms with Crippen LogP contribution in [0.4, 0.5) is 13.2 Å². The van der Waals surface area contributed by atoms with E-state index in [2.05, 4.69) is 10.2 Å². The summed E-state index contributed by atoms with van der Waals surface area (Å²) in [5.74, 6) is 0.0649. The fourth-order valence-electron chi connectivity index (χ4n) is 3.50. The highest BCUT2D eigenvalue weighted by Crippen LogP contribution is 2.29. The second-order valence-electron chi connectivity index (χ2n) is 6.32. The second-order valence-corrected chi connectivity index (χ2v) is 6.32. The van der Waals surface area contributed by atoms with Crippen molar-refractivity contribution in [3.05, 3.63) is 0 Å². The van der Waals surface area contributed by atoms with Gasteiger partial charge in [0.25, 0.3) is 0 Å². The molecule has 0 aromatic rings. The van der Waals surface area contributed by atoms with Crippen LogP contribution in [0.3, 0.4) is 0 Å². The maximum atomic E-state index is 12.3. The van der Waals surface area contributed by atoms with Crippen LogP contribution < -0.4 is 5.32 Å². The molecule has 6 heteroatoms. The average Bonchev–Trinajstić information content (AvgIpc) is 2.89. The van der Waals surface area contributed by atoms with E-state index < -0.39 is 18.8 Å². The van der Waals surface area contributed by atoms with E-state index in [1.807, 2.05) is 0 Å². The maximum Gasteiger partial charge on any atom is 0.401 e. The van der Waals surface area contributed by atoms with Crippen LogP contribution in [0.15, 0.2) is 0 Å². The Balaban J connectivity index is 1.93. The topological polar surface area (TPSA) is 35.5 Å². The number of piperidine rings is 1. The predicted molar refractivity (Wildman–Crippen MR) is 71.5 cm³/mol. The number of rotatable bonds is 4. The molecule has 1 saturated heterocycles. The number of aliphatic hydroxyl groups is 1. The number of hydrogen-bond acceptors (Lipinski definition) is 3. The molecule has 0 bridgehead atoms. The molecule has 2 rings (SSSR count). The molecule has 0 aromatic carbocycles. The van der Waals surface area contributed by atoms with Crippen molar-refractivity contribution < 1.29 is 18.3 Å². The molecule has 0 amide bonds. The van der Waals surface area contributed by atoms with Gasteiger partial charge in [0.2, 0.25) is 0 Å². The highest BCUT2D eigenvalue weighted by atomic mass is 19.4. The van der Waals surface area contributed by atoms with Crippen LogP contribution >= 0.6 is 0 Å². The molecule has 0 aromatic heterocycles. The first kappa shape index (κ1) is 16.0. The number of aliphatic hydroxyl groups excluding tert-OH is 1. The van der Waals surface area contributed by atoms with Gasteiger partial charge in [0.1, 0.15) is 0 Å². The number of nitrogens with one attached hydrogen (secondary N) is 1. The number of likely N-dealkylation sites (tertiary alicyclic amines) is 1. The number of nitrogens with zero attached hydrogens (tertiary/aromatic N) is 1. The number of halogens is 3. The Morgan fingerprint density at radius 3 is 2.45 bits per heavy atom. The number of alkyl halides is 3. The molecule has 1 aliphatic carbocycles. The summed E-state index contributed by atoms with van der Waals surface area (Å²) in [6, 6.07) is 0.317. The first-order valence-electron chi connectivity index (χ1n) is 7.57. The first-order chi connectivity index (χ1) is 9.35. The Bertz CT molecular complexity index is 303. The Labute approximate surface area is 118 Å². The predicted octanol–water partition coefficient (Wildman–Crippen LogP) is 2.15. The average molecular weight is 294 g/mol. The van der Waals surface area contributed by atoms with E-state index in [9.17, 15) is 18.3 Å². The zero-order valence-electron chi connectivity index (χ0n) is 12.0. The van der Waals surface area contributed by atoms with Gasteiger partial charge in [-0.3, -0.25) is 4.90 Å². The molecule has 20 heavy (non-hydrogen) atoms. The van der Waals surface area contributed by atoms with Crippen LogP contribution in [0, 0.1) is 5.92 Å². The van der Waals surface area contributed by atoms with Gasteiger partial charge >= 0.3 is 6.18 Å². The summed E-state index contributed by atoms with van der Waals surface area (Å²) in [6.07, 6.45) is 0.682. The normalized spacial score (nSPS) is 31.6. The van der Waals surface area contributed by atoms with Gasteiger partial charge in [-0.15, -0.1) is 0 Å². The summed E-state index contributed by atoms with van der Waals surface area (Å²) in [6.45, 7) is 2.28. The van der Waals surface area contributed by atoms with Crippen LogP contribution in [-0.4, -0.2) is 54.0 Å². The quantitative estimate of drug-likeness (QED) is 0.834. The smallest absolute Gasteiger partial charge is 0.393 e. The van der Waals surface area contributed by atoms with Crippen LogP contribution in [-0.2, 0) is 0 Å². The van der Waals surface area contributed by atoms with Crippen molar-refractivity contribution in [3.63, 3.8) is 0 Å². The van der Waals surface area contributed by atoms with Crippen LogP contribution in [0.25, 0.3) is 0 Å². The fourth-order valence-corrected chi connectivity index (χ4v) is 3.50. The van der Waals surface area contributed by atoms with Crippen molar-refractivity contribution in [1.29, 1.82) is 0 Å². The van der Waals surface area contributed by atoms with Crippen LogP contribution in [0.5, 0.6) is 0 Å². The fraction of sp³-hybridized carbons (Fsp3) is 1.00. The lowest BCUT2D eigenvalue weighted by Crippen LogP contribution is -2.55. The van der Waals surface area contributed by atoms with Crippen molar-refractivity contribution in [2.45, 2.75) is 63.4 Å². The molecule has 0 spiro atoms. The molecular formula is C14H25F3N2O. The maximum absolute atomic E-state index is 12.3. The van der Waals surface area contributed by atoms with Crippen molar-refractivity contribution in [2.75, 3.05) is 19.6 Å². The molecule has 3 unspecified atom stereocenters. The molecule has 118 valence electrons. The lowest BCUT2D eigenvalue weighted by molar-refractivity contribution is -0.127. The minimum Gasteiger partial charge on any atom is -0.393 e. The van der Waals surface area contributed by atoms with E-state index in [4.69, 9.17) is 0 Å². The highest BCUT2D eigenvalue weighted by Gasteiger charge is 2.36. The van der Waals surface area contributed by atoms with Crippen molar-refractivity contribution in [3.8, 4) is 0 Å². The second kappa shape index (κ2) is 6.62. The molecule has 1 saturated carbocycles. The third-order valence-corrected chi connectivity index (χ3v) is 4.63. The Hall–Kier alpha value is -0.330. The van der Waals surface area contributed by atoms with Gasteiger partial charge < -0.3 is 10.4 Å². The minimum absolute atomic E-state index is 0.0649. The van der Waals surface area contributed by atoms with E-state index in [-0.39, 0.29) is 12.0 Å². The largest absolute Gasteiger partial charge is 0.401 e.